The SMILES string of the molecule is CCCC(C)(N)C(=O)N1CCN(Cc2csc(-c3ccccc3)n2)CC1.Cl. The molecule has 0 bridgehead atoms. The minimum absolute atomic E-state index is 0. The topological polar surface area (TPSA) is 62.5 Å². The molecule has 1 unspecified atom stereocenters. The third-order valence-electron chi connectivity index (χ3n) is 4.88. The zero-order valence-electron chi connectivity index (χ0n) is 16.1. The molecular weight excluding hydrogens is 380 g/mol. The molecule has 1 aliphatic rings. The van der Waals surface area contributed by atoms with Gasteiger partial charge in [0, 0.05) is 43.7 Å². The molecule has 2 N–H and O–H groups in total. The van der Waals surface area contributed by atoms with Gasteiger partial charge in [0.2, 0.25) is 5.91 Å². The zero-order chi connectivity index (χ0) is 18.6. The molecule has 1 aliphatic heterocycles. The maximum absolute atomic E-state index is 12.6. The first-order valence-electron chi connectivity index (χ1n) is 9.30. The fourth-order valence-electron chi connectivity index (χ4n) is 3.42. The normalized spacial score (nSPS) is 17.2. The van der Waals surface area contributed by atoms with Crippen LogP contribution in [0.3, 0.4) is 0 Å². The van der Waals surface area contributed by atoms with Gasteiger partial charge in [-0.15, -0.1) is 23.7 Å². The molecule has 1 aromatic heterocycles. The second kappa shape index (κ2) is 9.64. The van der Waals surface area contributed by atoms with E-state index in [1.807, 2.05) is 30.0 Å². The summed E-state index contributed by atoms with van der Waals surface area (Å²) in [6.07, 6.45) is 1.65. The van der Waals surface area contributed by atoms with Crippen LogP contribution in [-0.2, 0) is 11.3 Å². The lowest BCUT2D eigenvalue weighted by atomic mass is 9.95. The Hall–Kier alpha value is -1.47. The van der Waals surface area contributed by atoms with Crippen LogP contribution in [0.25, 0.3) is 10.6 Å². The van der Waals surface area contributed by atoms with Crippen LogP contribution >= 0.6 is 23.7 Å². The third kappa shape index (κ3) is 5.51. The number of hydrogen-bond acceptors (Lipinski definition) is 5. The number of benzene rings is 1. The van der Waals surface area contributed by atoms with Gasteiger partial charge in [0.15, 0.2) is 0 Å². The summed E-state index contributed by atoms with van der Waals surface area (Å²) in [4.78, 5) is 21.7. The number of hydrogen-bond donors (Lipinski definition) is 1. The first-order valence-corrected chi connectivity index (χ1v) is 10.2. The largest absolute Gasteiger partial charge is 0.339 e. The Morgan fingerprint density at radius 3 is 2.52 bits per heavy atom. The number of piperazine rings is 1. The molecule has 2 aromatic rings. The van der Waals surface area contributed by atoms with Crippen LogP contribution in [0.4, 0.5) is 0 Å². The third-order valence-corrected chi connectivity index (χ3v) is 5.82. The van der Waals surface area contributed by atoms with Crippen molar-refractivity contribution in [1.82, 2.24) is 14.8 Å². The van der Waals surface area contributed by atoms with E-state index in [9.17, 15) is 4.79 Å². The van der Waals surface area contributed by atoms with E-state index in [4.69, 9.17) is 10.7 Å². The summed E-state index contributed by atoms with van der Waals surface area (Å²) < 4.78 is 0. The number of thiazole rings is 1. The lowest BCUT2D eigenvalue weighted by Gasteiger charge is -2.38. The van der Waals surface area contributed by atoms with Gasteiger partial charge in [-0.05, 0) is 13.3 Å². The summed E-state index contributed by atoms with van der Waals surface area (Å²) in [6, 6.07) is 10.3. The number of halogens is 1. The van der Waals surface area contributed by atoms with E-state index in [1.165, 1.54) is 0 Å². The molecule has 1 amide bonds. The van der Waals surface area contributed by atoms with Gasteiger partial charge in [-0.1, -0.05) is 43.7 Å². The Labute approximate surface area is 172 Å². The van der Waals surface area contributed by atoms with Gasteiger partial charge in [-0.25, -0.2) is 4.98 Å². The average molecular weight is 409 g/mol. The van der Waals surface area contributed by atoms with Crippen molar-refractivity contribution in [2.75, 3.05) is 26.2 Å². The van der Waals surface area contributed by atoms with Gasteiger partial charge in [-0.2, -0.15) is 0 Å². The predicted molar refractivity (Wildman–Crippen MR) is 114 cm³/mol. The van der Waals surface area contributed by atoms with Gasteiger partial charge in [0.1, 0.15) is 5.01 Å². The molecule has 148 valence electrons. The van der Waals surface area contributed by atoms with Crippen molar-refractivity contribution in [2.24, 2.45) is 5.73 Å². The molecule has 1 aromatic carbocycles. The minimum Gasteiger partial charge on any atom is -0.339 e. The van der Waals surface area contributed by atoms with E-state index >= 15 is 0 Å². The van der Waals surface area contributed by atoms with E-state index in [2.05, 4.69) is 29.3 Å². The summed E-state index contributed by atoms with van der Waals surface area (Å²) in [7, 11) is 0. The Morgan fingerprint density at radius 2 is 1.89 bits per heavy atom. The number of rotatable bonds is 6. The maximum atomic E-state index is 12.6. The van der Waals surface area contributed by atoms with Gasteiger partial charge >= 0.3 is 0 Å². The van der Waals surface area contributed by atoms with Gasteiger partial charge < -0.3 is 10.6 Å². The summed E-state index contributed by atoms with van der Waals surface area (Å²) in [5.74, 6) is 0.0824. The van der Waals surface area contributed by atoms with Crippen molar-refractivity contribution in [3.05, 3.63) is 41.4 Å². The van der Waals surface area contributed by atoms with E-state index in [-0.39, 0.29) is 18.3 Å². The van der Waals surface area contributed by atoms with Gasteiger partial charge in [0.25, 0.3) is 0 Å². The van der Waals surface area contributed by atoms with Crippen LogP contribution in [0.5, 0.6) is 0 Å². The number of nitrogens with two attached hydrogens (primary N) is 1. The van der Waals surface area contributed by atoms with Crippen LogP contribution in [0.15, 0.2) is 35.7 Å². The molecule has 3 rings (SSSR count). The molecule has 7 heteroatoms. The highest BCUT2D eigenvalue weighted by atomic mass is 35.5. The zero-order valence-corrected chi connectivity index (χ0v) is 17.7. The molecule has 1 fully saturated rings. The van der Waals surface area contributed by atoms with Crippen LogP contribution in [0.2, 0.25) is 0 Å². The van der Waals surface area contributed by atoms with E-state index in [0.29, 0.717) is 0 Å². The van der Waals surface area contributed by atoms with Gasteiger partial charge in [0.05, 0.1) is 11.2 Å². The molecule has 5 nitrogen and oxygen atoms in total. The number of carbonyl (C=O) groups is 1. The first kappa shape index (κ1) is 21.8. The second-order valence-electron chi connectivity index (χ2n) is 7.25. The van der Waals surface area contributed by atoms with E-state index in [0.717, 1.165) is 61.8 Å². The summed E-state index contributed by atoms with van der Waals surface area (Å²) in [5, 5.41) is 3.20. The average Bonchev–Trinajstić information content (AvgIpc) is 3.11. The minimum atomic E-state index is -0.740. The standard InChI is InChI=1S/C20H28N4OS.ClH/c1-3-9-20(2,21)19(25)24-12-10-23(11-13-24)14-17-15-26-18(22-17)16-7-5-4-6-8-16;/h4-8,15H,3,9-14,21H2,1-2H3;1H. The summed E-state index contributed by atoms with van der Waals surface area (Å²) in [6.45, 7) is 7.97. The highest BCUT2D eigenvalue weighted by molar-refractivity contribution is 7.13. The molecule has 0 aliphatic carbocycles. The van der Waals surface area contributed by atoms with Crippen molar-refractivity contribution in [3.63, 3.8) is 0 Å². The summed E-state index contributed by atoms with van der Waals surface area (Å²) >= 11 is 1.69. The quantitative estimate of drug-likeness (QED) is 0.795. The first-order chi connectivity index (χ1) is 12.5. The Morgan fingerprint density at radius 1 is 1.22 bits per heavy atom. The number of nitrogens with zero attached hydrogens (tertiary/aromatic N) is 3. The smallest absolute Gasteiger partial charge is 0.242 e. The van der Waals surface area contributed by atoms with Crippen LogP contribution in [0.1, 0.15) is 32.4 Å². The monoisotopic (exact) mass is 408 g/mol. The summed E-state index contributed by atoms with van der Waals surface area (Å²) in [5.41, 5.74) is 7.73. The lowest BCUT2D eigenvalue weighted by molar-refractivity contribution is -0.138. The fraction of sp³-hybridized carbons (Fsp3) is 0.500. The molecule has 0 spiro atoms. The molecule has 0 radical (unpaired) electrons. The van der Waals surface area contributed by atoms with Crippen molar-refractivity contribution < 1.29 is 4.79 Å². The van der Waals surface area contributed by atoms with Crippen LogP contribution < -0.4 is 5.73 Å². The second-order valence-corrected chi connectivity index (χ2v) is 8.10. The molecule has 27 heavy (non-hydrogen) atoms. The number of amides is 1. The molecule has 0 saturated carbocycles. The molecule has 1 atom stereocenters. The Bertz CT molecular complexity index is 727. The highest BCUT2D eigenvalue weighted by Crippen LogP contribution is 2.24. The maximum Gasteiger partial charge on any atom is 0.242 e. The van der Waals surface area contributed by atoms with E-state index < -0.39 is 5.54 Å². The van der Waals surface area contributed by atoms with Crippen molar-refractivity contribution in [3.8, 4) is 10.6 Å². The molecular formula is C20H29ClN4OS. The molecule has 2 heterocycles. The predicted octanol–water partition coefficient (Wildman–Crippen LogP) is 3.39. The Balaban J connectivity index is 0.00000261. The van der Waals surface area contributed by atoms with Crippen molar-refractivity contribution >= 4 is 29.7 Å². The number of carbonyl (C=O) groups excluding carboxylic acids is 1. The van der Waals surface area contributed by atoms with Crippen molar-refractivity contribution in [2.45, 2.75) is 38.8 Å². The van der Waals surface area contributed by atoms with Crippen LogP contribution in [0, 0.1) is 0 Å². The van der Waals surface area contributed by atoms with Gasteiger partial charge in [-0.3, -0.25) is 9.69 Å². The van der Waals surface area contributed by atoms with Crippen molar-refractivity contribution in [1.29, 1.82) is 0 Å². The Kier molecular flexibility index (Phi) is 7.79. The lowest BCUT2D eigenvalue weighted by Crippen LogP contribution is -2.58. The fourth-order valence-corrected chi connectivity index (χ4v) is 4.24. The highest BCUT2D eigenvalue weighted by Gasteiger charge is 2.33. The molecule has 1 saturated heterocycles. The van der Waals surface area contributed by atoms with E-state index in [1.54, 1.807) is 11.3 Å². The van der Waals surface area contributed by atoms with Crippen LogP contribution in [-0.4, -0.2) is 52.4 Å². The number of aromatic nitrogens is 1.